The summed E-state index contributed by atoms with van der Waals surface area (Å²) in [5.74, 6) is 0.584. The number of hydrogen-bond acceptors (Lipinski definition) is 3. The highest BCUT2D eigenvalue weighted by Gasteiger charge is 2.29. The predicted octanol–water partition coefficient (Wildman–Crippen LogP) is 1.63. The minimum absolute atomic E-state index is 0.109. The highest BCUT2D eigenvalue weighted by molar-refractivity contribution is 5.82. The van der Waals surface area contributed by atoms with Gasteiger partial charge >= 0.3 is 0 Å². The third-order valence-corrected chi connectivity index (χ3v) is 4.69. The maximum Gasteiger partial charge on any atom is 0.237 e. The lowest BCUT2D eigenvalue weighted by molar-refractivity contribution is -0.123. The number of hydrogen-bond donors (Lipinski definition) is 2. The van der Waals surface area contributed by atoms with E-state index in [2.05, 4.69) is 29.7 Å². The summed E-state index contributed by atoms with van der Waals surface area (Å²) in [6, 6.07) is 8.22. The van der Waals surface area contributed by atoms with Crippen LogP contribution in [0.1, 0.15) is 30.9 Å². The molecule has 0 radical (unpaired) electrons. The van der Waals surface area contributed by atoms with E-state index in [1.165, 1.54) is 11.1 Å². The van der Waals surface area contributed by atoms with E-state index in [1.54, 1.807) is 0 Å². The molecule has 2 heterocycles. The van der Waals surface area contributed by atoms with Crippen LogP contribution in [0.15, 0.2) is 24.3 Å². The molecule has 0 spiro atoms. The molecule has 2 unspecified atom stereocenters. The lowest BCUT2D eigenvalue weighted by Gasteiger charge is -2.26. The fourth-order valence-corrected chi connectivity index (χ4v) is 3.37. The molecular formula is C17H24N2O2. The Hall–Kier alpha value is -1.39. The first-order chi connectivity index (χ1) is 10.3. The lowest BCUT2D eigenvalue weighted by Crippen LogP contribution is -2.49. The largest absolute Gasteiger partial charge is 0.378 e. The molecule has 0 aromatic heterocycles. The number of fused-ring (bicyclic) bond motifs is 1. The van der Waals surface area contributed by atoms with Crippen LogP contribution in [0.2, 0.25) is 0 Å². The van der Waals surface area contributed by atoms with Crippen LogP contribution < -0.4 is 10.6 Å². The van der Waals surface area contributed by atoms with Gasteiger partial charge in [0.05, 0.1) is 12.1 Å². The summed E-state index contributed by atoms with van der Waals surface area (Å²) in [4.78, 5) is 12.3. The maximum absolute atomic E-state index is 12.3. The first kappa shape index (κ1) is 14.5. The molecule has 21 heavy (non-hydrogen) atoms. The zero-order valence-electron chi connectivity index (χ0n) is 12.6. The smallest absolute Gasteiger partial charge is 0.237 e. The Morgan fingerprint density at radius 2 is 2.19 bits per heavy atom. The van der Waals surface area contributed by atoms with E-state index < -0.39 is 0 Å². The number of rotatable bonds is 4. The molecule has 3 rings (SSSR count). The molecule has 114 valence electrons. The number of carbonyl (C=O) groups is 1. The number of amides is 1. The van der Waals surface area contributed by atoms with Gasteiger partial charge in [0.25, 0.3) is 0 Å². The van der Waals surface area contributed by atoms with Crippen molar-refractivity contribution in [1.29, 1.82) is 0 Å². The van der Waals surface area contributed by atoms with Gasteiger partial charge in [-0.15, -0.1) is 0 Å². The van der Waals surface area contributed by atoms with Crippen molar-refractivity contribution >= 4 is 5.91 Å². The third kappa shape index (κ3) is 3.27. The second-order valence-electron chi connectivity index (χ2n) is 6.02. The Balaban J connectivity index is 1.52. The first-order valence-electron chi connectivity index (χ1n) is 7.97. The van der Waals surface area contributed by atoms with Gasteiger partial charge in [0.1, 0.15) is 0 Å². The van der Waals surface area contributed by atoms with E-state index in [9.17, 15) is 4.79 Å². The van der Waals surface area contributed by atoms with Crippen molar-refractivity contribution in [2.75, 3.05) is 13.2 Å². The number of benzene rings is 1. The van der Waals surface area contributed by atoms with Gasteiger partial charge in [-0.1, -0.05) is 31.2 Å². The summed E-state index contributed by atoms with van der Waals surface area (Å²) in [5.41, 5.74) is 2.59. The summed E-state index contributed by atoms with van der Waals surface area (Å²) in [6.07, 6.45) is 3.17. The van der Waals surface area contributed by atoms with Crippen LogP contribution in [-0.2, 0) is 22.5 Å². The van der Waals surface area contributed by atoms with Crippen molar-refractivity contribution in [3.63, 3.8) is 0 Å². The normalized spacial score (nSPS) is 28.1. The van der Waals surface area contributed by atoms with Gasteiger partial charge in [0.15, 0.2) is 0 Å². The van der Waals surface area contributed by atoms with Gasteiger partial charge in [-0.3, -0.25) is 4.79 Å². The SMILES string of the molecule is CCC1OCCC1CNC(=O)[C@@H]1Cc2ccccc2CN1. The van der Waals surface area contributed by atoms with E-state index in [-0.39, 0.29) is 11.9 Å². The fourth-order valence-electron chi connectivity index (χ4n) is 3.37. The minimum atomic E-state index is -0.109. The van der Waals surface area contributed by atoms with Crippen molar-refractivity contribution in [2.45, 2.75) is 44.9 Å². The molecule has 0 bridgehead atoms. The lowest BCUT2D eigenvalue weighted by atomic mass is 9.95. The average Bonchev–Trinajstić information content (AvgIpc) is 2.99. The molecular weight excluding hydrogens is 264 g/mol. The summed E-state index contributed by atoms with van der Waals surface area (Å²) < 4.78 is 5.67. The molecule has 1 aromatic carbocycles. The minimum Gasteiger partial charge on any atom is -0.378 e. The molecule has 2 N–H and O–H groups in total. The van der Waals surface area contributed by atoms with Crippen LogP contribution in [0, 0.1) is 5.92 Å². The molecule has 4 heteroatoms. The third-order valence-electron chi connectivity index (χ3n) is 4.69. The van der Waals surface area contributed by atoms with Crippen molar-refractivity contribution in [3.8, 4) is 0 Å². The van der Waals surface area contributed by atoms with Crippen molar-refractivity contribution in [3.05, 3.63) is 35.4 Å². The molecule has 1 fully saturated rings. The quantitative estimate of drug-likeness (QED) is 0.885. The van der Waals surface area contributed by atoms with Gasteiger partial charge in [-0.2, -0.15) is 0 Å². The van der Waals surface area contributed by atoms with Crippen molar-refractivity contribution in [2.24, 2.45) is 5.92 Å². The van der Waals surface area contributed by atoms with E-state index in [0.717, 1.165) is 39.0 Å². The number of carbonyl (C=O) groups excluding carboxylic acids is 1. The second-order valence-corrected chi connectivity index (χ2v) is 6.02. The number of nitrogens with one attached hydrogen (secondary N) is 2. The van der Waals surface area contributed by atoms with E-state index in [4.69, 9.17) is 4.74 Å². The molecule has 2 aliphatic heterocycles. The summed E-state index contributed by atoms with van der Waals surface area (Å²) in [6.45, 7) is 4.48. The molecule has 0 aliphatic carbocycles. The standard InChI is InChI=1S/C17H24N2O2/c1-2-16-14(7-8-21-16)11-19-17(20)15-9-12-5-3-4-6-13(12)10-18-15/h3-6,14-16,18H,2,7-11H2,1H3,(H,19,20)/t14?,15-,16?/m0/s1. The molecule has 1 amide bonds. The molecule has 0 saturated carbocycles. The Bertz CT molecular complexity index is 503. The highest BCUT2D eigenvalue weighted by atomic mass is 16.5. The van der Waals surface area contributed by atoms with Crippen molar-refractivity contribution in [1.82, 2.24) is 10.6 Å². The van der Waals surface area contributed by atoms with Crippen LogP contribution >= 0.6 is 0 Å². The zero-order chi connectivity index (χ0) is 14.7. The van der Waals surface area contributed by atoms with Crippen LogP contribution in [0.3, 0.4) is 0 Å². The molecule has 3 atom stereocenters. The van der Waals surface area contributed by atoms with Crippen LogP contribution in [-0.4, -0.2) is 31.2 Å². The van der Waals surface area contributed by atoms with E-state index in [1.807, 2.05) is 12.1 Å². The topological polar surface area (TPSA) is 50.4 Å². The maximum atomic E-state index is 12.3. The second kappa shape index (κ2) is 6.58. The summed E-state index contributed by atoms with van der Waals surface area (Å²) >= 11 is 0. The summed E-state index contributed by atoms with van der Waals surface area (Å²) in [5, 5.41) is 6.44. The first-order valence-corrected chi connectivity index (χ1v) is 7.97. The van der Waals surface area contributed by atoms with E-state index in [0.29, 0.717) is 12.0 Å². The monoisotopic (exact) mass is 288 g/mol. The fraction of sp³-hybridized carbons (Fsp3) is 0.588. The van der Waals surface area contributed by atoms with Crippen LogP contribution in [0.25, 0.3) is 0 Å². The highest BCUT2D eigenvalue weighted by Crippen LogP contribution is 2.22. The number of ether oxygens (including phenoxy) is 1. The van der Waals surface area contributed by atoms with Crippen LogP contribution in [0.4, 0.5) is 0 Å². The zero-order valence-corrected chi connectivity index (χ0v) is 12.6. The van der Waals surface area contributed by atoms with Gasteiger partial charge in [-0.05, 0) is 30.4 Å². The Morgan fingerprint density at radius 1 is 1.38 bits per heavy atom. The molecule has 2 aliphatic rings. The van der Waals surface area contributed by atoms with Gasteiger partial charge in [-0.25, -0.2) is 0 Å². The van der Waals surface area contributed by atoms with E-state index >= 15 is 0 Å². The summed E-state index contributed by atoms with van der Waals surface area (Å²) in [7, 11) is 0. The van der Waals surface area contributed by atoms with Crippen molar-refractivity contribution < 1.29 is 9.53 Å². The predicted molar refractivity (Wildman–Crippen MR) is 81.9 cm³/mol. The van der Waals surface area contributed by atoms with Crippen LogP contribution in [0.5, 0.6) is 0 Å². The van der Waals surface area contributed by atoms with Gasteiger partial charge in [0, 0.05) is 25.6 Å². The molecule has 1 saturated heterocycles. The van der Waals surface area contributed by atoms with Gasteiger partial charge in [0.2, 0.25) is 5.91 Å². The Morgan fingerprint density at radius 3 is 3.00 bits per heavy atom. The molecule has 4 nitrogen and oxygen atoms in total. The Kier molecular flexibility index (Phi) is 4.56. The van der Waals surface area contributed by atoms with Gasteiger partial charge < -0.3 is 15.4 Å². The Labute approximate surface area is 126 Å². The average molecular weight is 288 g/mol. The molecule has 1 aromatic rings.